The van der Waals surface area contributed by atoms with Crippen molar-refractivity contribution >= 4 is 38.5 Å². The quantitative estimate of drug-likeness (QED) is 0.315. The molecule has 0 spiro atoms. The molecule has 0 aliphatic heterocycles. The smallest absolute Gasteiger partial charge is 0.337 e. The summed E-state index contributed by atoms with van der Waals surface area (Å²) >= 11 is 6.19. The van der Waals surface area contributed by atoms with Gasteiger partial charge < -0.3 is 4.74 Å². The molecule has 170 valence electrons. The summed E-state index contributed by atoms with van der Waals surface area (Å²) in [6.45, 7) is 4.06. The molecule has 1 aromatic heterocycles. The zero-order chi connectivity index (χ0) is 23.8. The van der Waals surface area contributed by atoms with Crippen molar-refractivity contribution in [3.8, 4) is 0 Å². The number of esters is 1. The minimum atomic E-state index is -3.87. The molecule has 0 aliphatic carbocycles. The van der Waals surface area contributed by atoms with Crippen molar-refractivity contribution in [2.24, 2.45) is 0 Å². The number of methoxy groups -OCH3 is 1. The highest BCUT2D eigenvalue weighted by Crippen LogP contribution is 2.30. The number of rotatable bonds is 6. The Bertz CT molecular complexity index is 1440. The van der Waals surface area contributed by atoms with E-state index in [9.17, 15) is 13.2 Å². The Labute approximate surface area is 198 Å². The maximum atomic E-state index is 13.8. The molecule has 3 aromatic carbocycles. The van der Waals surface area contributed by atoms with Crippen molar-refractivity contribution in [1.29, 1.82) is 0 Å². The molecule has 0 amide bonds. The van der Waals surface area contributed by atoms with Crippen LogP contribution in [0, 0.1) is 0 Å². The van der Waals surface area contributed by atoms with E-state index in [4.69, 9.17) is 16.3 Å². The molecule has 0 bridgehead atoms. The van der Waals surface area contributed by atoms with Gasteiger partial charge in [-0.1, -0.05) is 49.7 Å². The molecular weight excluding hydrogens is 458 g/mol. The van der Waals surface area contributed by atoms with Gasteiger partial charge in [0.05, 0.1) is 23.1 Å². The van der Waals surface area contributed by atoms with Gasteiger partial charge in [-0.2, -0.15) is 0 Å². The lowest BCUT2D eigenvalue weighted by atomic mass is 10.0. The van der Waals surface area contributed by atoms with Gasteiger partial charge in [-0.15, -0.1) is 0 Å². The van der Waals surface area contributed by atoms with Crippen LogP contribution in [-0.4, -0.2) is 25.5 Å². The third kappa shape index (κ3) is 4.54. The summed E-state index contributed by atoms with van der Waals surface area (Å²) in [7, 11) is -2.54. The van der Waals surface area contributed by atoms with Gasteiger partial charge >= 0.3 is 5.97 Å². The molecule has 0 unspecified atom stereocenters. The van der Waals surface area contributed by atoms with Gasteiger partial charge in [0.15, 0.2) is 0 Å². The highest BCUT2D eigenvalue weighted by molar-refractivity contribution is 7.90. The van der Waals surface area contributed by atoms with E-state index in [2.05, 4.69) is 0 Å². The van der Waals surface area contributed by atoms with Crippen LogP contribution in [0.3, 0.4) is 0 Å². The molecule has 0 atom stereocenters. The van der Waals surface area contributed by atoms with E-state index in [0.29, 0.717) is 28.2 Å². The number of halogens is 1. The number of hydrogen-bond donors (Lipinski definition) is 0. The highest BCUT2D eigenvalue weighted by atomic mass is 35.5. The van der Waals surface area contributed by atoms with Gasteiger partial charge in [0.25, 0.3) is 10.0 Å². The van der Waals surface area contributed by atoms with Gasteiger partial charge in [0.2, 0.25) is 0 Å². The van der Waals surface area contributed by atoms with E-state index >= 15 is 0 Å². The number of aromatic nitrogens is 1. The van der Waals surface area contributed by atoms with Gasteiger partial charge in [0, 0.05) is 22.5 Å². The summed E-state index contributed by atoms with van der Waals surface area (Å²) in [6, 6.07) is 21.0. The van der Waals surface area contributed by atoms with Crippen LogP contribution in [-0.2, 0) is 21.2 Å². The molecule has 0 radical (unpaired) electrons. The highest BCUT2D eigenvalue weighted by Gasteiger charge is 2.24. The topological polar surface area (TPSA) is 65.4 Å². The first-order valence-electron chi connectivity index (χ1n) is 10.5. The Morgan fingerprint density at radius 2 is 1.73 bits per heavy atom. The fourth-order valence-electron chi connectivity index (χ4n) is 3.85. The Kier molecular flexibility index (Phi) is 6.32. The van der Waals surface area contributed by atoms with E-state index in [-0.39, 0.29) is 10.8 Å². The Morgan fingerprint density at radius 3 is 2.39 bits per heavy atom. The average Bonchev–Trinajstić information content (AvgIpc) is 3.16. The Hall–Kier alpha value is -3.09. The second-order valence-electron chi connectivity index (χ2n) is 8.20. The molecule has 4 rings (SSSR count). The first-order chi connectivity index (χ1) is 15.7. The number of benzene rings is 3. The monoisotopic (exact) mass is 481 g/mol. The number of carbonyl (C=O) groups is 1. The van der Waals surface area contributed by atoms with Gasteiger partial charge in [-0.25, -0.2) is 17.2 Å². The third-order valence-electron chi connectivity index (χ3n) is 5.61. The zero-order valence-corrected chi connectivity index (χ0v) is 20.2. The Morgan fingerprint density at radius 1 is 1.00 bits per heavy atom. The molecule has 0 fully saturated rings. The molecular formula is C26H24ClNO4S. The molecule has 5 nitrogen and oxygen atoms in total. The first-order valence-corrected chi connectivity index (χ1v) is 12.3. The second-order valence-corrected chi connectivity index (χ2v) is 10.4. The van der Waals surface area contributed by atoms with Crippen molar-refractivity contribution in [2.75, 3.05) is 7.11 Å². The van der Waals surface area contributed by atoms with Crippen LogP contribution in [0.5, 0.6) is 0 Å². The summed E-state index contributed by atoms with van der Waals surface area (Å²) in [5.41, 5.74) is 3.43. The summed E-state index contributed by atoms with van der Waals surface area (Å²) in [4.78, 5) is 12.0. The normalized spacial score (nSPS) is 11.8. The van der Waals surface area contributed by atoms with E-state index in [0.717, 1.165) is 16.5 Å². The zero-order valence-electron chi connectivity index (χ0n) is 18.6. The third-order valence-corrected chi connectivity index (χ3v) is 7.61. The summed E-state index contributed by atoms with van der Waals surface area (Å²) in [5.74, 6) is -0.217. The second kappa shape index (κ2) is 9.04. The lowest BCUT2D eigenvalue weighted by Gasteiger charge is -2.14. The van der Waals surface area contributed by atoms with Gasteiger partial charge in [-0.3, -0.25) is 0 Å². The molecule has 7 heteroatoms. The largest absolute Gasteiger partial charge is 0.465 e. The SMILES string of the molecule is COC(=O)c1ccc(Cc2cc3cc(Cl)ccc3n2S(=O)(=O)c2cccc(C(C)C)c2)cc1. The molecule has 0 aliphatic rings. The van der Waals surface area contributed by atoms with Crippen LogP contribution in [0.2, 0.25) is 5.02 Å². The summed E-state index contributed by atoms with van der Waals surface area (Å²) in [5, 5.41) is 1.28. The van der Waals surface area contributed by atoms with Gasteiger partial charge in [0.1, 0.15) is 0 Å². The fourth-order valence-corrected chi connectivity index (χ4v) is 5.63. The fraction of sp³-hybridized carbons (Fsp3) is 0.192. The van der Waals surface area contributed by atoms with Crippen molar-refractivity contribution in [2.45, 2.75) is 31.1 Å². The molecule has 0 saturated carbocycles. The molecule has 33 heavy (non-hydrogen) atoms. The van der Waals surface area contributed by atoms with E-state index in [1.165, 1.54) is 11.1 Å². The Balaban J connectivity index is 1.84. The van der Waals surface area contributed by atoms with Crippen LogP contribution >= 0.6 is 11.6 Å². The predicted octanol–water partition coefficient (Wildman–Crippen LogP) is 6.03. The lowest BCUT2D eigenvalue weighted by Crippen LogP contribution is -2.16. The minimum Gasteiger partial charge on any atom is -0.465 e. The van der Waals surface area contributed by atoms with Gasteiger partial charge in [-0.05, 0) is 65.6 Å². The maximum absolute atomic E-state index is 13.8. The van der Waals surface area contributed by atoms with Crippen molar-refractivity contribution < 1.29 is 17.9 Å². The number of fused-ring (bicyclic) bond motifs is 1. The predicted molar refractivity (Wildman–Crippen MR) is 131 cm³/mol. The first kappa shape index (κ1) is 23.1. The van der Waals surface area contributed by atoms with Crippen LogP contribution < -0.4 is 0 Å². The van der Waals surface area contributed by atoms with Crippen LogP contribution in [0.25, 0.3) is 10.9 Å². The summed E-state index contributed by atoms with van der Waals surface area (Å²) in [6.07, 6.45) is 0.358. The minimum absolute atomic E-state index is 0.202. The van der Waals surface area contributed by atoms with Crippen LogP contribution in [0.1, 0.15) is 46.9 Å². The average molecular weight is 482 g/mol. The van der Waals surface area contributed by atoms with E-state index in [1.54, 1.807) is 60.7 Å². The van der Waals surface area contributed by atoms with E-state index in [1.807, 2.05) is 26.0 Å². The number of hydrogen-bond acceptors (Lipinski definition) is 4. The maximum Gasteiger partial charge on any atom is 0.337 e. The van der Waals surface area contributed by atoms with Crippen molar-refractivity contribution in [1.82, 2.24) is 3.97 Å². The number of carbonyl (C=O) groups excluding carboxylic acids is 1. The van der Waals surface area contributed by atoms with E-state index < -0.39 is 16.0 Å². The number of ether oxygens (including phenoxy) is 1. The summed E-state index contributed by atoms with van der Waals surface area (Å²) < 4.78 is 33.8. The van der Waals surface area contributed by atoms with Crippen molar-refractivity contribution in [3.05, 3.63) is 100 Å². The molecule has 0 saturated heterocycles. The molecule has 1 heterocycles. The van der Waals surface area contributed by atoms with Crippen LogP contribution in [0.4, 0.5) is 0 Å². The van der Waals surface area contributed by atoms with Crippen LogP contribution in [0.15, 0.2) is 77.7 Å². The lowest BCUT2D eigenvalue weighted by molar-refractivity contribution is 0.0600. The number of nitrogens with zero attached hydrogens (tertiary/aromatic N) is 1. The molecule has 0 N–H and O–H groups in total. The molecule has 4 aromatic rings. The standard InChI is InChI=1S/C26H24ClNO4S/c1-17(2)20-5-4-6-24(16-20)33(30,31)28-23(15-21-14-22(27)11-12-25(21)28)13-18-7-9-19(10-8-18)26(29)32-3/h4-12,14-17H,13H2,1-3H3. The van der Waals surface area contributed by atoms with Crippen molar-refractivity contribution in [3.63, 3.8) is 0 Å².